The van der Waals surface area contributed by atoms with E-state index in [4.69, 9.17) is 5.73 Å². The fourth-order valence-corrected chi connectivity index (χ4v) is 2.81. The Labute approximate surface area is 120 Å². The maximum Gasteiger partial charge on any atom is 0.244 e. The summed E-state index contributed by atoms with van der Waals surface area (Å²) in [5.74, 6) is 0. The second kappa shape index (κ2) is 6.92. The average molecular weight is 301 g/mol. The van der Waals surface area contributed by atoms with Gasteiger partial charge in [-0.05, 0) is 18.6 Å². The third-order valence-electron chi connectivity index (χ3n) is 2.97. The quantitative estimate of drug-likeness (QED) is 0.655. The summed E-state index contributed by atoms with van der Waals surface area (Å²) < 4.78 is 25.3. The number of hydrogen-bond donors (Lipinski definition) is 3. The number of hydrogen-bond acceptors (Lipinski definition) is 5. The third-order valence-corrected chi connectivity index (χ3v) is 4.85. The van der Waals surface area contributed by atoms with Gasteiger partial charge in [0.15, 0.2) is 0 Å². The fourth-order valence-electron chi connectivity index (χ4n) is 1.78. The van der Waals surface area contributed by atoms with E-state index in [1.807, 2.05) is 6.92 Å². The first-order valence-corrected chi connectivity index (χ1v) is 7.97. The van der Waals surface area contributed by atoms with Gasteiger partial charge in [0.2, 0.25) is 10.0 Å². The molecule has 7 heteroatoms. The molecular formula is C13H23N3O3S. The lowest BCUT2D eigenvalue weighted by Crippen LogP contribution is -2.24. The highest BCUT2D eigenvalue weighted by Gasteiger charge is 2.21. The monoisotopic (exact) mass is 301 g/mol. The lowest BCUT2D eigenvalue weighted by Gasteiger charge is -2.17. The number of anilines is 2. The molecule has 0 heterocycles. The molecule has 1 rings (SSSR count). The van der Waals surface area contributed by atoms with Crippen molar-refractivity contribution >= 4 is 21.4 Å². The van der Waals surface area contributed by atoms with Gasteiger partial charge in [-0.15, -0.1) is 0 Å². The lowest BCUT2D eigenvalue weighted by molar-refractivity contribution is 0.176. The van der Waals surface area contributed by atoms with E-state index in [1.54, 1.807) is 12.1 Å². The van der Waals surface area contributed by atoms with Crippen molar-refractivity contribution in [3.05, 3.63) is 18.2 Å². The van der Waals surface area contributed by atoms with Crippen LogP contribution >= 0.6 is 0 Å². The molecule has 0 spiro atoms. The van der Waals surface area contributed by atoms with Gasteiger partial charge >= 0.3 is 0 Å². The maximum absolute atomic E-state index is 12.1. The number of nitrogen functional groups attached to an aromatic ring is 1. The Morgan fingerprint density at radius 3 is 2.60 bits per heavy atom. The normalized spacial score (nSPS) is 13.4. The molecule has 0 radical (unpaired) electrons. The van der Waals surface area contributed by atoms with Crippen molar-refractivity contribution in [3.63, 3.8) is 0 Å². The predicted octanol–water partition coefficient (Wildman–Crippen LogP) is 1.09. The number of aliphatic hydroxyl groups excluding tert-OH is 1. The highest BCUT2D eigenvalue weighted by atomic mass is 32.2. The van der Waals surface area contributed by atoms with E-state index in [0.29, 0.717) is 18.7 Å². The minimum absolute atomic E-state index is 0.0671. The first kappa shape index (κ1) is 16.7. The number of rotatable bonds is 7. The summed E-state index contributed by atoms with van der Waals surface area (Å²) in [6.45, 7) is 2.32. The van der Waals surface area contributed by atoms with Crippen molar-refractivity contribution in [1.82, 2.24) is 4.31 Å². The molecule has 1 aromatic carbocycles. The summed E-state index contributed by atoms with van der Waals surface area (Å²) in [6.07, 6.45) is 1.09. The summed E-state index contributed by atoms with van der Waals surface area (Å²) in [5, 5.41) is 12.7. The first-order chi connectivity index (χ1) is 9.30. The van der Waals surface area contributed by atoms with Gasteiger partial charge in [-0.2, -0.15) is 0 Å². The number of nitrogens with zero attached hydrogens (tertiary/aromatic N) is 1. The number of nitrogens with one attached hydrogen (secondary N) is 1. The lowest BCUT2D eigenvalue weighted by atomic mass is 10.2. The second-order valence-corrected chi connectivity index (χ2v) is 6.95. The van der Waals surface area contributed by atoms with Gasteiger partial charge in [0.05, 0.1) is 17.5 Å². The van der Waals surface area contributed by atoms with Crippen LogP contribution < -0.4 is 11.1 Å². The van der Waals surface area contributed by atoms with E-state index < -0.39 is 16.1 Å². The van der Waals surface area contributed by atoms with Crippen LogP contribution in [-0.2, 0) is 10.0 Å². The number of benzene rings is 1. The Morgan fingerprint density at radius 1 is 1.40 bits per heavy atom. The molecule has 0 saturated carbocycles. The molecule has 0 aliphatic heterocycles. The maximum atomic E-state index is 12.1. The molecular weight excluding hydrogens is 278 g/mol. The van der Waals surface area contributed by atoms with Crippen molar-refractivity contribution in [2.75, 3.05) is 31.7 Å². The van der Waals surface area contributed by atoms with Crippen LogP contribution in [0.15, 0.2) is 23.1 Å². The van der Waals surface area contributed by atoms with Crippen LogP contribution in [-0.4, -0.2) is 44.6 Å². The zero-order valence-corrected chi connectivity index (χ0v) is 12.9. The van der Waals surface area contributed by atoms with E-state index >= 15 is 0 Å². The Kier molecular flexibility index (Phi) is 5.79. The molecule has 0 bridgehead atoms. The van der Waals surface area contributed by atoms with E-state index in [0.717, 1.165) is 10.7 Å². The van der Waals surface area contributed by atoms with Gasteiger partial charge in [-0.1, -0.05) is 19.4 Å². The smallest absolute Gasteiger partial charge is 0.244 e. The van der Waals surface area contributed by atoms with Crippen LogP contribution in [0.2, 0.25) is 0 Å². The molecule has 1 unspecified atom stereocenters. The van der Waals surface area contributed by atoms with Crippen LogP contribution in [0.3, 0.4) is 0 Å². The largest absolute Gasteiger partial charge is 0.396 e. The van der Waals surface area contributed by atoms with Gasteiger partial charge in [-0.25, -0.2) is 12.7 Å². The van der Waals surface area contributed by atoms with Gasteiger partial charge < -0.3 is 16.2 Å². The molecule has 20 heavy (non-hydrogen) atoms. The molecule has 0 saturated heterocycles. The minimum Gasteiger partial charge on any atom is -0.396 e. The van der Waals surface area contributed by atoms with Crippen LogP contribution in [0, 0.1) is 0 Å². The number of sulfonamides is 1. The van der Waals surface area contributed by atoms with E-state index in [1.165, 1.54) is 20.2 Å². The summed E-state index contributed by atoms with van der Waals surface area (Å²) in [7, 11) is -0.657. The number of nitrogens with two attached hydrogens (primary N) is 1. The van der Waals surface area contributed by atoms with Crippen molar-refractivity contribution in [3.8, 4) is 0 Å². The standard InChI is InChI=1S/C13H23N3O3S/c1-4-6-10(17)9-15-11-7-5-8-12(13(11)14)20(18,19)16(2)3/h5,7-8,10,15,17H,4,6,9,14H2,1-3H3. The number of para-hydroxylation sites is 1. The van der Waals surface area contributed by atoms with Crippen molar-refractivity contribution in [2.45, 2.75) is 30.8 Å². The van der Waals surface area contributed by atoms with Crippen molar-refractivity contribution < 1.29 is 13.5 Å². The van der Waals surface area contributed by atoms with Gasteiger partial charge in [0.25, 0.3) is 0 Å². The molecule has 4 N–H and O–H groups in total. The molecule has 1 aromatic rings. The SMILES string of the molecule is CCCC(O)CNc1cccc(S(=O)(=O)N(C)C)c1N. The summed E-state index contributed by atoms with van der Waals surface area (Å²) in [6, 6.07) is 4.79. The van der Waals surface area contributed by atoms with Crippen molar-refractivity contribution in [2.24, 2.45) is 0 Å². The zero-order chi connectivity index (χ0) is 15.3. The molecule has 1 atom stereocenters. The second-order valence-electron chi connectivity index (χ2n) is 4.83. The molecule has 0 fully saturated rings. The summed E-state index contributed by atoms with van der Waals surface area (Å²) >= 11 is 0. The molecule has 0 aliphatic rings. The Morgan fingerprint density at radius 2 is 2.05 bits per heavy atom. The highest BCUT2D eigenvalue weighted by Crippen LogP contribution is 2.28. The Bertz CT molecular complexity index is 544. The average Bonchev–Trinajstić information content (AvgIpc) is 2.37. The summed E-state index contributed by atoms with van der Waals surface area (Å²) in [5.41, 5.74) is 6.61. The van der Waals surface area contributed by atoms with Crippen LogP contribution in [0.25, 0.3) is 0 Å². The molecule has 0 amide bonds. The third kappa shape index (κ3) is 3.84. The van der Waals surface area contributed by atoms with Crippen molar-refractivity contribution in [1.29, 1.82) is 0 Å². The van der Waals surface area contributed by atoms with Crippen LogP contribution in [0.1, 0.15) is 19.8 Å². The van der Waals surface area contributed by atoms with Crippen LogP contribution in [0.5, 0.6) is 0 Å². The van der Waals surface area contributed by atoms with E-state index in [2.05, 4.69) is 5.32 Å². The zero-order valence-electron chi connectivity index (χ0n) is 12.1. The van der Waals surface area contributed by atoms with E-state index in [9.17, 15) is 13.5 Å². The molecule has 6 nitrogen and oxygen atoms in total. The molecule has 0 aromatic heterocycles. The number of aliphatic hydroxyl groups is 1. The van der Waals surface area contributed by atoms with Gasteiger partial charge in [0.1, 0.15) is 4.90 Å². The minimum atomic E-state index is -3.57. The summed E-state index contributed by atoms with van der Waals surface area (Å²) in [4.78, 5) is 0.0671. The fraction of sp³-hybridized carbons (Fsp3) is 0.538. The molecule has 114 valence electrons. The highest BCUT2D eigenvalue weighted by molar-refractivity contribution is 7.89. The van der Waals surface area contributed by atoms with E-state index in [-0.39, 0.29) is 10.6 Å². The molecule has 0 aliphatic carbocycles. The topological polar surface area (TPSA) is 95.7 Å². The Hall–Kier alpha value is -1.31. The predicted molar refractivity (Wildman–Crippen MR) is 81.1 cm³/mol. The van der Waals surface area contributed by atoms with Crippen LogP contribution in [0.4, 0.5) is 11.4 Å². The first-order valence-electron chi connectivity index (χ1n) is 6.53. The Balaban J connectivity index is 2.97. The van der Waals surface area contributed by atoms with Gasteiger partial charge in [-0.3, -0.25) is 0 Å². The van der Waals surface area contributed by atoms with Gasteiger partial charge in [0, 0.05) is 20.6 Å².